The second-order valence-corrected chi connectivity index (χ2v) is 7.06. The third-order valence-corrected chi connectivity index (χ3v) is 5.15. The maximum absolute atomic E-state index is 13.5. The highest BCUT2D eigenvalue weighted by Gasteiger charge is 2.44. The molecule has 0 bridgehead atoms. The zero-order chi connectivity index (χ0) is 15.7. The summed E-state index contributed by atoms with van der Waals surface area (Å²) in [5.74, 6) is 0.349. The summed E-state index contributed by atoms with van der Waals surface area (Å²) in [7, 11) is 0. The molecule has 3 aliphatic rings. The number of alkyl halides is 3. The predicted molar refractivity (Wildman–Crippen MR) is 74.7 cm³/mol. The predicted octanol–water partition coefficient (Wildman–Crippen LogP) is 3.21. The molecule has 2 saturated heterocycles. The van der Waals surface area contributed by atoms with Crippen LogP contribution in [-0.2, 0) is 14.2 Å². The summed E-state index contributed by atoms with van der Waals surface area (Å²) in [5.41, 5.74) is 0. The largest absolute Gasteiger partial charge is 0.377 e. The smallest absolute Gasteiger partial charge is 0.162 e. The molecular formula is C16H25F3O3. The van der Waals surface area contributed by atoms with E-state index in [1.807, 2.05) is 0 Å². The van der Waals surface area contributed by atoms with Gasteiger partial charge in [0, 0.05) is 18.4 Å². The first-order chi connectivity index (χ1) is 10.5. The fourth-order valence-electron chi connectivity index (χ4n) is 3.68. The lowest BCUT2D eigenvalue weighted by atomic mass is 9.84. The van der Waals surface area contributed by atoms with Crippen molar-refractivity contribution in [2.75, 3.05) is 19.8 Å². The van der Waals surface area contributed by atoms with E-state index < -0.39 is 30.7 Å². The highest BCUT2D eigenvalue weighted by atomic mass is 19.2. The van der Waals surface area contributed by atoms with Gasteiger partial charge in [0.05, 0.1) is 19.3 Å². The lowest BCUT2D eigenvalue weighted by Gasteiger charge is -2.41. The molecule has 2 heterocycles. The van der Waals surface area contributed by atoms with E-state index in [1.165, 1.54) is 0 Å². The van der Waals surface area contributed by atoms with Gasteiger partial charge in [-0.15, -0.1) is 0 Å². The zero-order valence-corrected chi connectivity index (χ0v) is 12.9. The van der Waals surface area contributed by atoms with Gasteiger partial charge >= 0.3 is 0 Å². The third kappa shape index (κ3) is 3.60. The Balaban J connectivity index is 1.47. The molecule has 0 radical (unpaired) electrons. The van der Waals surface area contributed by atoms with Crippen molar-refractivity contribution >= 4 is 0 Å². The Morgan fingerprint density at radius 3 is 1.95 bits per heavy atom. The molecule has 0 aromatic carbocycles. The molecule has 3 fully saturated rings. The van der Waals surface area contributed by atoms with Crippen molar-refractivity contribution in [2.24, 2.45) is 17.8 Å². The van der Waals surface area contributed by atoms with Crippen molar-refractivity contribution in [1.82, 2.24) is 0 Å². The molecular weight excluding hydrogens is 297 g/mol. The SMILES string of the molecule is CC1CCC(C2COC(C3CC(F)C(F)C(F)C3)OC2)OC1. The molecule has 1 aliphatic carbocycles. The van der Waals surface area contributed by atoms with Crippen LogP contribution in [0.25, 0.3) is 0 Å². The number of ether oxygens (including phenoxy) is 3. The van der Waals surface area contributed by atoms with Crippen molar-refractivity contribution in [2.45, 2.75) is 63.5 Å². The van der Waals surface area contributed by atoms with Gasteiger partial charge in [0.25, 0.3) is 0 Å². The maximum Gasteiger partial charge on any atom is 0.162 e. The average molecular weight is 322 g/mol. The van der Waals surface area contributed by atoms with E-state index in [2.05, 4.69) is 6.92 Å². The Morgan fingerprint density at radius 2 is 1.41 bits per heavy atom. The number of hydrogen-bond acceptors (Lipinski definition) is 3. The Morgan fingerprint density at radius 1 is 0.773 bits per heavy atom. The van der Waals surface area contributed by atoms with Crippen LogP contribution in [0.2, 0.25) is 0 Å². The molecule has 22 heavy (non-hydrogen) atoms. The van der Waals surface area contributed by atoms with Crippen LogP contribution in [0.3, 0.4) is 0 Å². The van der Waals surface area contributed by atoms with Crippen LogP contribution >= 0.6 is 0 Å². The third-order valence-electron chi connectivity index (χ3n) is 5.15. The summed E-state index contributed by atoms with van der Waals surface area (Å²) in [6, 6.07) is 0. The molecule has 1 saturated carbocycles. The van der Waals surface area contributed by atoms with Crippen molar-refractivity contribution in [3.05, 3.63) is 0 Å². The lowest BCUT2D eigenvalue weighted by Crippen LogP contribution is -2.47. The second-order valence-electron chi connectivity index (χ2n) is 7.06. The topological polar surface area (TPSA) is 27.7 Å². The number of hydrogen-bond donors (Lipinski definition) is 0. The van der Waals surface area contributed by atoms with Gasteiger partial charge in [-0.25, -0.2) is 13.2 Å². The van der Waals surface area contributed by atoms with Crippen molar-refractivity contribution < 1.29 is 27.4 Å². The molecule has 0 N–H and O–H groups in total. The van der Waals surface area contributed by atoms with E-state index >= 15 is 0 Å². The van der Waals surface area contributed by atoms with E-state index in [1.54, 1.807) is 0 Å². The van der Waals surface area contributed by atoms with E-state index in [4.69, 9.17) is 14.2 Å². The first-order valence-corrected chi connectivity index (χ1v) is 8.31. The van der Waals surface area contributed by atoms with Gasteiger partial charge in [-0.1, -0.05) is 6.92 Å². The molecule has 4 unspecified atom stereocenters. The van der Waals surface area contributed by atoms with Crippen molar-refractivity contribution in [3.63, 3.8) is 0 Å². The molecule has 0 aromatic heterocycles. The van der Waals surface area contributed by atoms with Crippen LogP contribution in [0, 0.1) is 17.8 Å². The molecule has 0 aromatic rings. The van der Waals surface area contributed by atoms with Gasteiger partial charge in [-0.05, 0) is 31.6 Å². The minimum absolute atomic E-state index is 0.0334. The molecule has 3 nitrogen and oxygen atoms in total. The normalized spacial score (nSPS) is 50.7. The van der Waals surface area contributed by atoms with E-state index in [9.17, 15) is 13.2 Å². The van der Waals surface area contributed by atoms with Gasteiger partial charge in [-0.3, -0.25) is 0 Å². The van der Waals surface area contributed by atoms with Crippen LogP contribution in [-0.4, -0.2) is 50.7 Å². The Kier molecular flexibility index (Phi) is 5.30. The van der Waals surface area contributed by atoms with Gasteiger partial charge in [0.15, 0.2) is 12.5 Å². The van der Waals surface area contributed by atoms with E-state index in [0.29, 0.717) is 19.1 Å². The van der Waals surface area contributed by atoms with Crippen LogP contribution in [0.5, 0.6) is 0 Å². The molecule has 128 valence electrons. The zero-order valence-electron chi connectivity index (χ0n) is 12.9. The summed E-state index contributed by atoms with van der Waals surface area (Å²) < 4.78 is 57.4. The minimum Gasteiger partial charge on any atom is -0.377 e. The average Bonchev–Trinajstić information content (AvgIpc) is 2.53. The maximum atomic E-state index is 13.5. The van der Waals surface area contributed by atoms with Gasteiger partial charge in [0.2, 0.25) is 0 Å². The van der Waals surface area contributed by atoms with Crippen molar-refractivity contribution in [1.29, 1.82) is 0 Å². The summed E-state index contributed by atoms with van der Waals surface area (Å²) in [4.78, 5) is 0. The van der Waals surface area contributed by atoms with E-state index in [0.717, 1.165) is 19.4 Å². The first kappa shape index (κ1) is 16.5. The molecule has 0 amide bonds. The summed E-state index contributed by atoms with van der Waals surface area (Å²) in [6.07, 6.45) is -3.95. The van der Waals surface area contributed by atoms with Gasteiger partial charge in [0.1, 0.15) is 12.3 Å². The molecule has 2 aliphatic heterocycles. The minimum atomic E-state index is -2.01. The monoisotopic (exact) mass is 322 g/mol. The lowest BCUT2D eigenvalue weighted by molar-refractivity contribution is -0.251. The highest BCUT2D eigenvalue weighted by Crippen LogP contribution is 2.36. The Labute approximate surface area is 129 Å². The van der Waals surface area contributed by atoms with Crippen LogP contribution < -0.4 is 0 Å². The Hall–Kier alpha value is -0.330. The molecule has 3 rings (SSSR count). The summed E-state index contributed by atoms with van der Waals surface area (Å²) in [6.45, 7) is 3.89. The standard InChI is InChI=1S/C16H25F3O3/c1-9-2-3-14(20-6-9)11-7-21-16(22-8-11)10-4-12(17)15(19)13(18)5-10/h9-16H,2-8H2,1H3. The van der Waals surface area contributed by atoms with Gasteiger partial charge < -0.3 is 14.2 Å². The summed E-state index contributed by atoms with van der Waals surface area (Å²) in [5, 5.41) is 0. The molecule has 6 heteroatoms. The first-order valence-electron chi connectivity index (χ1n) is 8.31. The number of halogens is 3. The quantitative estimate of drug-likeness (QED) is 0.781. The molecule has 4 atom stereocenters. The van der Waals surface area contributed by atoms with Crippen LogP contribution in [0.1, 0.15) is 32.6 Å². The molecule has 0 spiro atoms. The van der Waals surface area contributed by atoms with E-state index in [-0.39, 0.29) is 24.9 Å². The van der Waals surface area contributed by atoms with Crippen LogP contribution in [0.15, 0.2) is 0 Å². The summed E-state index contributed by atoms with van der Waals surface area (Å²) >= 11 is 0. The second kappa shape index (κ2) is 7.05. The fraction of sp³-hybridized carbons (Fsp3) is 1.00. The Bertz CT molecular complexity index is 343. The van der Waals surface area contributed by atoms with Gasteiger partial charge in [-0.2, -0.15) is 0 Å². The number of rotatable bonds is 2. The fourth-order valence-corrected chi connectivity index (χ4v) is 3.68. The van der Waals surface area contributed by atoms with Crippen molar-refractivity contribution in [3.8, 4) is 0 Å². The van der Waals surface area contributed by atoms with Crippen LogP contribution in [0.4, 0.5) is 13.2 Å². The highest BCUT2D eigenvalue weighted by molar-refractivity contribution is 4.89.